The lowest BCUT2D eigenvalue weighted by atomic mass is 10.2. The van der Waals surface area contributed by atoms with Crippen molar-refractivity contribution in [3.8, 4) is 0 Å². The SMILES string of the molecule is O=C(O)c1ccc(Br)c(S(=O)(=O)NCCC2CC2)c1. The molecule has 7 heteroatoms. The van der Waals surface area contributed by atoms with Gasteiger partial charge in [-0.2, -0.15) is 0 Å². The summed E-state index contributed by atoms with van der Waals surface area (Å²) in [5.41, 5.74) is -0.0502. The van der Waals surface area contributed by atoms with Crippen molar-refractivity contribution >= 4 is 31.9 Å². The Morgan fingerprint density at radius 2 is 2.11 bits per heavy atom. The summed E-state index contributed by atoms with van der Waals surface area (Å²) in [6.45, 7) is 0.386. The maximum absolute atomic E-state index is 12.1. The molecule has 0 bridgehead atoms. The number of aromatic carboxylic acids is 1. The van der Waals surface area contributed by atoms with E-state index in [1.54, 1.807) is 0 Å². The number of carbonyl (C=O) groups is 1. The number of rotatable bonds is 6. The number of halogens is 1. The summed E-state index contributed by atoms with van der Waals surface area (Å²) >= 11 is 3.14. The van der Waals surface area contributed by atoms with Crippen molar-refractivity contribution in [1.82, 2.24) is 4.72 Å². The Kier molecular flexibility index (Phi) is 4.27. The van der Waals surface area contributed by atoms with Gasteiger partial charge in [0, 0.05) is 11.0 Å². The molecule has 0 heterocycles. The number of benzene rings is 1. The van der Waals surface area contributed by atoms with Crippen molar-refractivity contribution in [3.63, 3.8) is 0 Å². The first-order chi connectivity index (χ1) is 8.90. The molecule has 104 valence electrons. The van der Waals surface area contributed by atoms with Crippen LogP contribution >= 0.6 is 15.9 Å². The lowest BCUT2D eigenvalue weighted by molar-refractivity contribution is 0.0696. The standard InChI is InChI=1S/C12H14BrNO4S/c13-10-4-3-9(12(15)16)7-11(10)19(17,18)14-6-5-8-1-2-8/h3-4,7-8,14H,1-2,5-6H2,(H,15,16). The molecule has 0 aromatic heterocycles. The predicted octanol–water partition coefficient (Wildman–Crippen LogP) is 2.23. The van der Waals surface area contributed by atoms with Crippen molar-refractivity contribution in [2.75, 3.05) is 6.54 Å². The van der Waals surface area contributed by atoms with E-state index in [-0.39, 0.29) is 10.5 Å². The second kappa shape index (κ2) is 5.60. The van der Waals surface area contributed by atoms with Gasteiger partial charge in [-0.1, -0.05) is 12.8 Å². The van der Waals surface area contributed by atoms with E-state index in [4.69, 9.17) is 5.11 Å². The summed E-state index contributed by atoms with van der Waals surface area (Å²) in [6, 6.07) is 3.94. The van der Waals surface area contributed by atoms with E-state index in [2.05, 4.69) is 20.7 Å². The molecule has 19 heavy (non-hydrogen) atoms. The minimum absolute atomic E-state index is 0.0387. The smallest absolute Gasteiger partial charge is 0.335 e. The van der Waals surface area contributed by atoms with Gasteiger partial charge in [0.05, 0.1) is 10.5 Å². The Hall–Kier alpha value is -0.920. The van der Waals surface area contributed by atoms with Gasteiger partial charge in [0.25, 0.3) is 0 Å². The van der Waals surface area contributed by atoms with Gasteiger partial charge in [0.15, 0.2) is 0 Å². The van der Waals surface area contributed by atoms with Crippen LogP contribution in [0.3, 0.4) is 0 Å². The molecule has 0 saturated heterocycles. The lowest BCUT2D eigenvalue weighted by Gasteiger charge is -2.09. The van der Waals surface area contributed by atoms with Crippen LogP contribution in [0.25, 0.3) is 0 Å². The molecule has 1 saturated carbocycles. The normalized spacial score (nSPS) is 15.4. The molecule has 1 aliphatic carbocycles. The van der Waals surface area contributed by atoms with Crippen LogP contribution in [-0.4, -0.2) is 26.0 Å². The zero-order valence-electron chi connectivity index (χ0n) is 10.1. The number of nitrogens with one attached hydrogen (secondary N) is 1. The zero-order valence-corrected chi connectivity index (χ0v) is 12.5. The molecule has 0 amide bonds. The van der Waals surface area contributed by atoms with Crippen molar-refractivity contribution in [3.05, 3.63) is 28.2 Å². The van der Waals surface area contributed by atoms with Gasteiger partial charge in [-0.15, -0.1) is 0 Å². The number of sulfonamides is 1. The summed E-state index contributed by atoms with van der Waals surface area (Å²) < 4.78 is 27.1. The highest BCUT2D eigenvalue weighted by molar-refractivity contribution is 9.10. The van der Waals surface area contributed by atoms with Crippen LogP contribution in [0, 0.1) is 5.92 Å². The molecule has 0 unspecified atom stereocenters. The number of hydrogen-bond acceptors (Lipinski definition) is 3. The van der Waals surface area contributed by atoms with E-state index in [0.717, 1.165) is 12.5 Å². The minimum atomic E-state index is -3.68. The molecular formula is C12H14BrNO4S. The topological polar surface area (TPSA) is 83.5 Å². The largest absolute Gasteiger partial charge is 0.478 e. The first-order valence-electron chi connectivity index (χ1n) is 5.92. The maximum atomic E-state index is 12.1. The fourth-order valence-corrected chi connectivity index (χ4v) is 3.76. The first kappa shape index (κ1) is 14.5. The summed E-state index contributed by atoms with van der Waals surface area (Å²) in [5.74, 6) is -0.515. The van der Waals surface area contributed by atoms with Crippen LogP contribution in [0.15, 0.2) is 27.6 Å². The molecule has 5 nitrogen and oxygen atoms in total. The van der Waals surface area contributed by atoms with Crippen LogP contribution < -0.4 is 4.72 Å². The maximum Gasteiger partial charge on any atom is 0.335 e. The average Bonchev–Trinajstić information content (AvgIpc) is 3.12. The zero-order chi connectivity index (χ0) is 14.0. The van der Waals surface area contributed by atoms with E-state index in [1.807, 2.05) is 0 Å². The van der Waals surface area contributed by atoms with Gasteiger partial charge in [-0.05, 0) is 46.5 Å². The third-order valence-corrected chi connectivity index (χ3v) is 5.46. The van der Waals surface area contributed by atoms with Crippen LogP contribution in [0.2, 0.25) is 0 Å². The fourth-order valence-electron chi connectivity index (χ4n) is 1.72. The molecule has 2 rings (SSSR count). The highest BCUT2D eigenvalue weighted by Gasteiger charge is 2.23. The minimum Gasteiger partial charge on any atom is -0.478 e. The van der Waals surface area contributed by atoms with Crippen molar-refractivity contribution in [2.24, 2.45) is 5.92 Å². The lowest BCUT2D eigenvalue weighted by Crippen LogP contribution is -2.25. The summed E-state index contributed by atoms with van der Waals surface area (Å²) in [4.78, 5) is 10.8. The van der Waals surface area contributed by atoms with Gasteiger partial charge in [0.1, 0.15) is 0 Å². The number of carboxylic acids is 1. The van der Waals surface area contributed by atoms with E-state index in [1.165, 1.54) is 25.0 Å². The summed E-state index contributed by atoms with van der Waals surface area (Å²) in [7, 11) is -3.68. The summed E-state index contributed by atoms with van der Waals surface area (Å²) in [5, 5.41) is 8.89. The Bertz CT molecular complexity index is 596. The van der Waals surface area contributed by atoms with Crippen molar-refractivity contribution in [2.45, 2.75) is 24.2 Å². The molecule has 1 aromatic rings. The van der Waals surface area contributed by atoms with Gasteiger partial charge in [-0.25, -0.2) is 17.9 Å². The van der Waals surface area contributed by atoms with Crippen LogP contribution in [-0.2, 0) is 10.0 Å². The Labute approximate surface area is 120 Å². The van der Waals surface area contributed by atoms with Gasteiger partial charge < -0.3 is 5.11 Å². The van der Waals surface area contributed by atoms with Crippen molar-refractivity contribution < 1.29 is 18.3 Å². The van der Waals surface area contributed by atoms with Crippen LogP contribution in [0.4, 0.5) is 0 Å². The van der Waals surface area contributed by atoms with E-state index in [0.29, 0.717) is 16.9 Å². The van der Waals surface area contributed by atoms with Gasteiger partial charge in [-0.3, -0.25) is 0 Å². The summed E-state index contributed by atoms with van der Waals surface area (Å²) in [6.07, 6.45) is 3.16. The molecule has 1 aromatic carbocycles. The second-order valence-electron chi connectivity index (χ2n) is 4.58. The predicted molar refractivity (Wildman–Crippen MR) is 73.6 cm³/mol. The highest BCUT2D eigenvalue weighted by atomic mass is 79.9. The quantitative estimate of drug-likeness (QED) is 0.826. The van der Waals surface area contributed by atoms with Crippen LogP contribution in [0.5, 0.6) is 0 Å². The molecular weight excluding hydrogens is 334 g/mol. The first-order valence-corrected chi connectivity index (χ1v) is 8.20. The molecule has 0 aliphatic heterocycles. The van der Waals surface area contributed by atoms with Crippen molar-refractivity contribution in [1.29, 1.82) is 0 Å². The van der Waals surface area contributed by atoms with Crippen LogP contribution in [0.1, 0.15) is 29.6 Å². The fraction of sp³-hybridized carbons (Fsp3) is 0.417. The third-order valence-electron chi connectivity index (χ3n) is 3.01. The number of hydrogen-bond donors (Lipinski definition) is 2. The monoisotopic (exact) mass is 347 g/mol. The average molecular weight is 348 g/mol. The Balaban J connectivity index is 2.17. The Morgan fingerprint density at radius 3 is 2.68 bits per heavy atom. The molecule has 0 spiro atoms. The highest BCUT2D eigenvalue weighted by Crippen LogP contribution is 2.32. The molecule has 0 atom stereocenters. The molecule has 1 aliphatic rings. The second-order valence-corrected chi connectivity index (χ2v) is 7.17. The molecule has 1 fully saturated rings. The van der Waals surface area contributed by atoms with E-state index in [9.17, 15) is 13.2 Å². The number of carboxylic acid groups (broad SMARTS) is 1. The molecule has 2 N–H and O–H groups in total. The van der Waals surface area contributed by atoms with Gasteiger partial charge in [0.2, 0.25) is 10.0 Å². The molecule has 0 radical (unpaired) electrons. The van der Waals surface area contributed by atoms with Gasteiger partial charge >= 0.3 is 5.97 Å². The third kappa shape index (κ3) is 3.77. The van der Waals surface area contributed by atoms with E-state index >= 15 is 0 Å². The van der Waals surface area contributed by atoms with E-state index < -0.39 is 16.0 Å². The Morgan fingerprint density at radius 1 is 1.42 bits per heavy atom.